The van der Waals surface area contributed by atoms with E-state index >= 15 is 0 Å². The predicted molar refractivity (Wildman–Crippen MR) is 206 cm³/mol. The fraction of sp³-hybridized carbons (Fsp3) is 0.0217. The Morgan fingerprint density at radius 3 is 1.50 bits per heavy atom. The molecule has 0 saturated heterocycles. The molecule has 7 aromatic carbocycles. The lowest BCUT2D eigenvalue weighted by molar-refractivity contribution is 0.875. The van der Waals surface area contributed by atoms with Crippen molar-refractivity contribution < 1.29 is 0 Å². The van der Waals surface area contributed by atoms with Gasteiger partial charge in [0.2, 0.25) is 0 Å². The molecule has 1 atom stereocenters. The molecule has 4 heteroatoms. The van der Waals surface area contributed by atoms with Gasteiger partial charge in [0.1, 0.15) is 5.84 Å². The molecule has 0 spiro atoms. The Kier molecular flexibility index (Phi) is 6.43. The molecule has 9 aromatic rings. The van der Waals surface area contributed by atoms with E-state index < -0.39 is 0 Å². The Balaban J connectivity index is 1.28. The van der Waals surface area contributed by atoms with Crippen LogP contribution in [0, 0.1) is 12.1 Å². The van der Waals surface area contributed by atoms with Gasteiger partial charge in [0.15, 0.2) is 0 Å². The lowest BCUT2D eigenvalue weighted by Crippen LogP contribution is -2.27. The lowest BCUT2D eigenvalue weighted by atomic mass is 9.99. The van der Waals surface area contributed by atoms with Crippen molar-refractivity contribution in [2.45, 2.75) is 6.04 Å². The maximum absolute atomic E-state index is 5.37. The number of fused-ring (bicyclic) bond motifs is 6. The molecule has 0 radical (unpaired) electrons. The van der Waals surface area contributed by atoms with Gasteiger partial charge < -0.3 is 14.5 Å². The van der Waals surface area contributed by atoms with Crippen molar-refractivity contribution in [3.05, 3.63) is 199 Å². The average molecular weight is 639 g/mol. The van der Waals surface area contributed by atoms with Crippen molar-refractivity contribution in [3.8, 4) is 11.4 Å². The van der Waals surface area contributed by atoms with E-state index in [2.05, 4.69) is 178 Å². The third kappa shape index (κ3) is 4.52. The summed E-state index contributed by atoms with van der Waals surface area (Å²) in [7, 11) is 0. The van der Waals surface area contributed by atoms with Crippen LogP contribution >= 0.6 is 0 Å². The molecule has 0 aliphatic carbocycles. The first-order valence-corrected chi connectivity index (χ1v) is 16.9. The van der Waals surface area contributed by atoms with Gasteiger partial charge in [-0.05, 0) is 77.9 Å². The second-order valence-corrected chi connectivity index (χ2v) is 12.7. The monoisotopic (exact) mass is 638 g/mol. The van der Waals surface area contributed by atoms with Crippen molar-refractivity contribution >= 4 is 55.1 Å². The number of benzene rings is 6. The lowest BCUT2D eigenvalue weighted by Gasteiger charge is -2.24. The summed E-state index contributed by atoms with van der Waals surface area (Å²) >= 11 is 0. The van der Waals surface area contributed by atoms with Crippen molar-refractivity contribution in [1.29, 1.82) is 0 Å². The predicted octanol–water partition coefficient (Wildman–Crippen LogP) is 10.6. The molecule has 234 valence electrons. The van der Waals surface area contributed by atoms with Gasteiger partial charge >= 0.3 is 0 Å². The largest absolute Gasteiger partial charge is 0.340 e. The number of hydrogen-bond acceptors (Lipinski definition) is 2. The number of aromatic nitrogens is 2. The van der Waals surface area contributed by atoms with Crippen LogP contribution in [-0.4, -0.2) is 15.0 Å². The quantitative estimate of drug-likeness (QED) is 0.200. The van der Waals surface area contributed by atoms with Crippen LogP contribution in [0.2, 0.25) is 0 Å². The van der Waals surface area contributed by atoms with Gasteiger partial charge in [-0.1, -0.05) is 115 Å². The molecule has 1 unspecified atom stereocenters. The maximum Gasteiger partial charge on any atom is 0.134 e. The second-order valence-electron chi connectivity index (χ2n) is 12.7. The molecule has 0 bridgehead atoms. The number of nitrogens with one attached hydrogen (secondary N) is 1. The van der Waals surface area contributed by atoms with E-state index in [9.17, 15) is 0 Å². The second kappa shape index (κ2) is 11.4. The molecule has 0 amide bonds. The molecule has 1 N–H and O–H groups in total. The van der Waals surface area contributed by atoms with E-state index in [4.69, 9.17) is 4.99 Å². The molecule has 0 fully saturated rings. The fourth-order valence-electron chi connectivity index (χ4n) is 7.58. The summed E-state index contributed by atoms with van der Waals surface area (Å²) < 4.78 is 4.81. The summed E-state index contributed by atoms with van der Waals surface area (Å²) in [5.41, 5.74) is 11.1. The highest BCUT2D eigenvalue weighted by Crippen LogP contribution is 2.38. The first-order chi connectivity index (χ1) is 24.8. The molecular weight excluding hydrogens is 609 g/mol. The third-order valence-corrected chi connectivity index (χ3v) is 9.80. The Morgan fingerprint density at radius 1 is 0.500 bits per heavy atom. The molecule has 2 aromatic heterocycles. The summed E-state index contributed by atoms with van der Waals surface area (Å²) in [5.74, 6) is 0.808. The Morgan fingerprint density at radius 2 is 1.00 bits per heavy atom. The van der Waals surface area contributed by atoms with Crippen molar-refractivity contribution in [2.75, 3.05) is 0 Å². The van der Waals surface area contributed by atoms with Crippen LogP contribution in [0.15, 0.2) is 175 Å². The van der Waals surface area contributed by atoms with Crippen LogP contribution in [0.25, 0.3) is 60.7 Å². The minimum Gasteiger partial charge on any atom is -0.340 e. The standard InChI is InChI=1S/C46H30N4/c1-3-15-31(16-4-1)40-30-41(48-46(47-40)32-17-5-2-6-18-32)33-27-34(49-42-23-11-7-19-36(42)37-20-8-12-24-43(37)49)29-35(28-33)50-44-25-13-9-21-38(44)39-22-10-14-26-45(39)50/h1,3-5,7-30,41H,(H,47,48). The van der Waals surface area contributed by atoms with Crippen LogP contribution in [-0.2, 0) is 0 Å². The average Bonchev–Trinajstić information content (AvgIpc) is 3.71. The summed E-state index contributed by atoms with van der Waals surface area (Å²) in [5, 5.41) is 8.57. The van der Waals surface area contributed by atoms with Crippen LogP contribution in [0.1, 0.15) is 22.7 Å². The van der Waals surface area contributed by atoms with Gasteiger partial charge in [-0.15, -0.1) is 0 Å². The van der Waals surface area contributed by atoms with Crippen LogP contribution in [0.5, 0.6) is 0 Å². The molecule has 50 heavy (non-hydrogen) atoms. The first-order valence-electron chi connectivity index (χ1n) is 16.9. The number of para-hydroxylation sites is 4. The SMILES string of the molecule is c1ccc(C2=NC(c3cc(-n4c5ccccc5c5ccccc54)cc(-n4c5ccccc5c5ccccc54)c3)C=C(c3ccccc3)N2)cc#1. The highest BCUT2D eigenvalue weighted by atomic mass is 15.1. The zero-order valence-electron chi connectivity index (χ0n) is 27.1. The zero-order chi connectivity index (χ0) is 33.0. The van der Waals surface area contributed by atoms with Crippen LogP contribution in [0.4, 0.5) is 0 Å². The molecule has 4 nitrogen and oxygen atoms in total. The number of rotatable bonds is 5. The molecule has 1 aliphatic rings. The van der Waals surface area contributed by atoms with E-state index in [1.165, 1.54) is 43.6 Å². The van der Waals surface area contributed by atoms with Crippen molar-refractivity contribution in [3.63, 3.8) is 0 Å². The number of amidine groups is 1. The zero-order valence-corrected chi connectivity index (χ0v) is 27.1. The van der Waals surface area contributed by atoms with Gasteiger partial charge in [0.05, 0.1) is 28.1 Å². The molecule has 3 heterocycles. The van der Waals surface area contributed by atoms with Crippen LogP contribution < -0.4 is 5.32 Å². The minimum absolute atomic E-state index is 0.259. The number of aliphatic imine (C=N–C) groups is 1. The van der Waals surface area contributed by atoms with Crippen molar-refractivity contribution in [2.24, 2.45) is 4.99 Å². The van der Waals surface area contributed by atoms with Gasteiger partial charge in [-0.25, -0.2) is 0 Å². The number of hydrogen-bond donors (Lipinski definition) is 1. The molecular formula is C46H30N4. The maximum atomic E-state index is 5.37. The highest BCUT2D eigenvalue weighted by Gasteiger charge is 2.23. The fourth-order valence-corrected chi connectivity index (χ4v) is 7.58. The van der Waals surface area contributed by atoms with E-state index in [1.54, 1.807) is 0 Å². The third-order valence-electron chi connectivity index (χ3n) is 9.80. The normalized spacial score (nSPS) is 14.4. The summed E-state index contributed by atoms with van der Waals surface area (Å²) in [6.07, 6.45) is 2.25. The summed E-state index contributed by atoms with van der Waals surface area (Å²) in [4.78, 5) is 5.37. The van der Waals surface area contributed by atoms with E-state index in [0.29, 0.717) is 0 Å². The van der Waals surface area contributed by atoms with E-state index in [1.807, 2.05) is 18.2 Å². The Hall–Kier alpha value is -6.83. The van der Waals surface area contributed by atoms with E-state index in [-0.39, 0.29) is 6.04 Å². The smallest absolute Gasteiger partial charge is 0.134 e. The van der Waals surface area contributed by atoms with Gasteiger partial charge in [0, 0.05) is 44.2 Å². The molecule has 0 saturated carbocycles. The van der Waals surface area contributed by atoms with Gasteiger partial charge in [0.25, 0.3) is 0 Å². The number of nitrogens with zero attached hydrogens (tertiary/aromatic N) is 3. The van der Waals surface area contributed by atoms with Crippen molar-refractivity contribution in [1.82, 2.24) is 14.5 Å². The first kappa shape index (κ1) is 28.2. The highest BCUT2D eigenvalue weighted by molar-refractivity contribution is 6.11. The Labute approximate surface area is 289 Å². The summed E-state index contributed by atoms with van der Waals surface area (Å²) in [6.45, 7) is 0. The molecule has 1 aliphatic heterocycles. The topological polar surface area (TPSA) is 34.2 Å². The minimum atomic E-state index is -0.259. The molecule has 10 rings (SSSR count). The van der Waals surface area contributed by atoms with Gasteiger partial charge in [-0.2, -0.15) is 0 Å². The Bertz CT molecular complexity index is 2490. The van der Waals surface area contributed by atoms with Crippen LogP contribution in [0.3, 0.4) is 0 Å². The summed E-state index contributed by atoms with van der Waals surface area (Å²) in [6, 6.07) is 64.0. The van der Waals surface area contributed by atoms with Gasteiger partial charge in [-0.3, -0.25) is 4.99 Å². The van der Waals surface area contributed by atoms with E-state index in [0.717, 1.165) is 39.6 Å².